The quantitative estimate of drug-likeness (QED) is 0.495. The third-order valence-corrected chi connectivity index (χ3v) is 6.80. The Balaban J connectivity index is 1.26. The summed E-state index contributed by atoms with van der Waals surface area (Å²) in [6, 6.07) is 22.5. The van der Waals surface area contributed by atoms with E-state index in [4.69, 9.17) is 4.74 Å². The van der Waals surface area contributed by atoms with Crippen LogP contribution in [0.4, 0.5) is 5.69 Å². The van der Waals surface area contributed by atoms with Gasteiger partial charge in [0.25, 0.3) is 5.91 Å². The number of fused-ring (bicyclic) bond motifs is 1. The number of rotatable bonds is 8. The number of ether oxygens (including phenoxy) is 1. The van der Waals surface area contributed by atoms with Crippen LogP contribution in [0.1, 0.15) is 46.3 Å². The van der Waals surface area contributed by atoms with E-state index in [1.807, 2.05) is 30.3 Å². The number of hydrogen-bond acceptors (Lipinski definition) is 3. The van der Waals surface area contributed by atoms with Crippen LogP contribution in [0.2, 0.25) is 0 Å². The minimum Gasteiger partial charge on any atom is -0.493 e. The molecular weight excluding hydrogens is 428 g/mol. The fourth-order valence-electron chi connectivity index (χ4n) is 4.36. The molecule has 4 nitrogen and oxygen atoms in total. The van der Waals surface area contributed by atoms with Crippen molar-refractivity contribution in [2.24, 2.45) is 5.92 Å². The monoisotopic (exact) mass is 459 g/mol. The highest BCUT2D eigenvalue weighted by molar-refractivity contribution is 7.58. The molecule has 0 spiro atoms. The Morgan fingerprint density at radius 3 is 2.70 bits per heavy atom. The molecule has 5 heteroatoms. The number of nitrogens with one attached hydrogen (secondary N) is 1. The molecule has 1 saturated carbocycles. The number of carbonyl (C=O) groups is 1. The highest BCUT2D eigenvalue weighted by Gasteiger charge is 2.23. The van der Waals surface area contributed by atoms with Gasteiger partial charge in [-0.3, -0.25) is 4.79 Å². The Morgan fingerprint density at radius 2 is 1.88 bits per heavy atom. The Labute approximate surface area is 201 Å². The van der Waals surface area contributed by atoms with Crippen molar-refractivity contribution in [2.75, 3.05) is 18.1 Å². The normalized spacial score (nSPS) is 15.1. The zero-order valence-corrected chi connectivity index (χ0v) is 19.8. The maximum atomic E-state index is 12.8. The zero-order valence-electron chi connectivity index (χ0n) is 18.8. The van der Waals surface area contributed by atoms with Gasteiger partial charge in [0.2, 0.25) is 0 Å². The zero-order chi connectivity index (χ0) is 22.6. The maximum absolute atomic E-state index is 12.8. The van der Waals surface area contributed by atoms with Crippen molar-refractivity contribution in [3.63, 3.8) is 0 Å². The second-order valence-corrected chi connectivity index (χ2v) is 9.69. The van der Waals surface area contributed by atoms with Gasteiger partial charge in [-0.15, -0.1) is 0 Å². The predicted molar refractivity (Wildman–Crippen MR) is 137 cm³/mol. The lowest BCUT2D eigenvalue weighted by molar-refractivity contribution is 0.0951. The average molecular weight is 460 g/mol. The molecule has 0 unspecified atom stereocenters. The van der Waals surface area contributed by atoms with Crippen LogP contribution in [0.3, 0.4) is 0 Å². The van der Waals surface area contributed by atoms with Crippen molar-refractivity contribution < 1.29 is 9.53 Å². The topological polar surface area (TPSA) is 41.6 Å². The fraction of sp³-hybridized carbons (Fsp3) is 0.321. The van der Waals surface area contributed by atoms with Gasteiger partial charge in [-0.05, 0) is 91.8 Å². The molecule has 3 aromatic carbocycles. The van der Waals surface area contributed by atoms with Gasteiger partial charge in [0, 0.05) is 36.4 Å². The fourth-order valence-corrected chi connectivity index (χ4v) is 4.53. The van der Waals surface area contributed by atoms with E-state index in [9.17, 15) is 4.79 Å². The molecular formula is C28H31N2O2S+. The van der Waals surface area contributed by atoms with Crippen LogP contribution in [-0.4, -0.2) is 19.1 Å². The van der Waals surface area contributed by atoms with Crippen molar-refractivity contribution >= 4 is 24.2 Å². The molecule has 1 amide bonds. The Bertz CT molecular complexity index is 1120. The van der Waals surface area contributed by atoms with E-state index >= 15 is 0 Å². The van der Waals surface area contributed by atoms with Crippen LogP contribution < -0.4 is 15.0 Å². The Hall–Kier alpha value is -2.92. The van der Waals surface area contributed by atoms with Gasteiger partial charge in [-0.1, -0.05) is 30.3 Å². The highest BCUT2D eigenvalue weighted by atomic mass is 32.1. The van der Waals surface area contributed by atoms with Gasteiger partial charge in [0.1, 0.15) is 10.6 Å². The van der Waals surface area contributed by atoms with Crippen LogP contribution >= 0.6 is 0 Å². The van der Waals surface area contributed by atoms with Crippen molar-refractivity contribution in [1.29, 1.82) is 0 Å². The molecule has 1 N–H and O–H groups in total. The summed E-state index contributed by atoms with van der Waals surface area (Å²) in [7, 11) is 0. The second kappa shape index (κ2) is 9.92. The molecule has 33 heavy (non-hydrogen) atoms. The SMILES string of the molecule is O=C(NCc1ccc([SH2+])cc1)c1ccc2c(c1)CCCN2Cc1ccccc1OCC1CC1. The summed E-state index contributed by atoms with van der Waals surface area (Å²) in [6.45, 7) is 3.18. The van der Waals surface area contributed by atoms with Crippen LogP contribution in [0.15, 0.2) is 71.6 Å². The minimum absolute atomic E-state index is 0.0313. The van der Waals surface area contributed by atoms with E-state index in [0.717, 1.165) is 60.2 Å². The molecule has 3 aromatic rings. The third kappa shape index (κ3) is 5.53. The molecule has 0 saturated heterocycles. The largest absolute Gasteiger partial charge is 0.493 e. The van der Waals surface area contributed by atoms with Crippen LogP contribution in [0.5, 0.6) is 5.75 Å². The summed E-state index contributed by atoms with van der Waals surface area (Å²) in [5.74, 6) is 1.71. The third-order valence-electron chi connectivity index (χ3n) is 6.47. The van der Waals surface area contributed by atoms with E-state index in [1.165, 1.54) is 29.7 Å². The van der Waals surface area contributed by atoms with Gasteiger partial charge >= 0.3 is 0 Å². The first-order chi connectivity index (χ1) is 16.2. The van der Waals surface area contributed by atoms with Crippen molar-refractivity contribution in [1.82, 2.24) is 5.32 Å². The number of aryl methyl sites for hydroxylation is 1. The van der Waals surface area contributed by atoms with Crippen molar-refractivity contribution in [3.05, 3.63) is 89.0 Å². The lowest BCUT2D eigenvalue weighted by Gasteiger charge is -2.32. The second-order valence-electron chi connectivity index (χ2n) is 9.11. The standard InChI is InChI=1S/C28H30N2O2S/c31-28(29-17-20-9-12-25(33)13-10-20)23-11-14-26-22(16-23)5-3-15-30(26)18-24-4-1-2-6-27(24)32-19-21-7-8-21/h1-2,4,6,9-14,16,21,33H,3,5,7-8,15,17-19H2,(H,29,31)/p+1. The van der Waals surface area contributed by atoms with Crippen LogP contribution in [-0.2, 0) is 32.1 Å². The molecule has 0 bridgehead atoms. The molecule has 1 aliphatic heterocycles. The summed E-state index contributed by atoms with van der Waals surface area (Å²) in [5.41, 5.74) is 5.50. The van der Waals surface area contributed by atoms with Crippen molar-refractivity contribution in [3.8, 4) is 5.75 Å². The number of anilines is 1. The lowest BCUT2D eigenvalue weighted by atomic mass is 9.98. The number of benzene rings is 3. The predicted octanol–water partition coefficient (Wildman–Crippen LogP) is 4.73. The molecule has 0 atom stereocenters. The summed E-state index contributed by atoms with van der Waals surface area (Å²) in [4.78, 5) is 16.2. The number of amides is 1. The summed E-state index contributed by atoms with van der Waals surface area (Å²) < 4.78 is 6.13. The first-order valence-corrected chi connectivity index (χ1v) is 12.3. The summed E-state index contributed by atoms with van der Waals surface area (Å²) in [6.07, 6.45) is 4.67. The maximum Gasteiger partial charge on any atom is 0.251 e. The Kier molecular flexibility index (Phi) is 6.58. The highest BCUT2D eigenvalue weighted by Crippen LogP contribution is 2.33. The van der Waals surface area contributed by atoms with E-state index < -0.39 is 0 Å². The van der Waals surface area contributed by atoms with Crippen molar-refractivity contribution in [2.45, 2.75) is 43.7 Å². The molecule has 1 heterocycles. The molecule has 170 valence electrons. The van der Waals surface area contributed by atoms with Crippen LogP contribution in [0, 0.1) is 5.92 Å². The Morgan fingerprint density at radius 1 is 1.06 bits per heavy atom. The lowest BCUT2D eigenvalue weighted by Crippen LogP contribution is -2.30. The van der Waals surface area contributed by atoms with Crippen LogP contribution in [0.25, 0.3) is 0 Å². The van der Waals surface area contributed by atoms with Gasteiger partial charge < -0.3 is 15.0 Å². The molecule has 1 aliphatic carbocycles. The first kappa shape index (κ1) is 21.9. The number of para-hydroxylation sites is 1. The molecule has 0 radical (unpaired) electrons. The van der Waals surface area contributed by atoms with E-state index in [-0.39, 0.29) is 5.91 Å². The van der Waals surface area contributed by atoms with Gasteiger partial charge in [-0.25, -0.2) is 0 Å². The minimum atomic E-state index is -0.0313. The molecule has 0 aromatic heterocycles. The molecule has 1 fully saturated rings. The smallest absolute Gasteiger partial charge is 0.251 e. The van der Waals surface area contributed by atoms with Gasteiger partial charge in [-0.2, -0.15) is 0 Å². The van der Waals surface area contributed by atoms with Gasteiger partial charge in [0.15, 0.2) is 0 Å². The average Bonchev–Trinajstić information content (AvgIpc) is 3.67. The molecule has 5 rings (SSSR count). The van der Waals surface area contributed by atoms with Gasteiger partial charge in [0.05, 0.1) is 6.61 Å². The number of carbonyl (C=O) groups excluding carboxylic acids is 1. The van der Waals surface area contributed by atoms with E-state index in [0.29, 0.717) is 6.54 Å². The molecule has 2 aliphatic rings. The number of hydrogen-bond donors (Lipinski definition) is 1. The van der Waals surface area contributed by atoms with E-state index in [1.54, 1.807) is 0 Å². The summed E-state index contributed by atoms with van der Waals surface area (Å²) >= 11 is 3.50. The van der Waals surface area contributed by atoms with E-state index in [2.05, 4.69) is 59.2 Å². The number of nitrogens with zero attached hydrogens (tertiary/aromatic N) is 1. The summed E-state index contributed by atoms with van der Waals surface area (Å²) in [5, 5.41) is 3.04. The first-order valence-electron chi connectivity index (χ1n) is 11.8.